The molecule has 0 aliphatic rings. The van der Waals surface area contributed by atoms with Gasteiger partial charge in [0.05, 0.1) is 6.54 Å². The average Bonchev–Trinajstić information content (AvgIpc) is 2.20. The van der Waals surface area contributed by atoms with Crippen LogP contribution in [0.2, 0.25) is 0 Å². The van der Waals surface area contributed by atoms with Gasteiger partial charge in [0.1, 0.15) is 0 Å². The van der Waals surface area contributed by atoms with Crippen LogP contribution < -0.4 is 0 Å². The molecule has 0 bridgehead atoms. The van der Waals surface area contributed by atoms with Crippen molar-refractivity contribution >= 4 is 6.08 Å². The van der Waals surface area contributed by atoms with Crippen molar-refractivity contribution in [2.75, 3.05) is 0 Å². The summed E-state index contributed by atoms with van der Waals surface area (Å²) < 4.78 is 0. The van der Waals surface area contributed by atoms with Crippen molar-refractivity contribution in [1.29, 1.82) is 0 Å². The number of hydrogen-bond acceptors (Lipinski definition) is 2. The summed E-state index contributed by atoms with van der Waals surface area (Å²) in [7, 11) is 0. The van der Waals surface area contributed by atoms with Gasteiger partial charge < -0.3 is 0 Å². The summed E-state index contributed by atoms with van der Waals surface area (Å²) in [6.45, 7) is 6.45. The molecule has 0 aromatic heterocycles. The van der Waals surface area contributed by atoms with Crippen molar-refractivity contribution < 1.29 is 4.79 Å². The zero-order valence-electron chi connectivity index (χ0n) is 8.37. The predicted molar refractivity (Wildman–Crippen MR) is 54.4 cm³/mol. The third-order valence-corrected chi connectivity index (χ3v) is 1.45. The van der Waals surface area contributed by atoms with Gasteiger partial charge in [0.2, 0.25) is 6.08 Å². The van der Waals surface area contributed by atoms with Crippen molar-refractivity contribution in [3.63, 3.8) is 0 Å². The normalized spacial score (nSPS) is 7.92. The zero-order chi connectivity index (χ0) is 10.1. The number of nitrogens with zero attached hydrogens (tertiary/aromatic N) is 1. The lowest BCUT2D eigenvalue weighted by Gasteiger charge is -1.94. The summed E-state index contributed by atoms with van der Waals surface area (Å²) in [5, 5.41) is 0. The van der Waals surface area contributed by atoms with Crippen molar-refractivity contribution in [2.24, 2.45) is 4.99 Å². The first-order valence-electron chi connectivity index (χ1n) is 4.42. The summed E-state index contributed by atoms with van der Waals surface area (Å²) >= 11 is 0. The molecule has 13 heavy (non-hydrogen) atoms. The fourth-order valence-electron chi connectivity index (χ4n) is 0.817. The highest BCUT2D eigenvalue weighted by Gasteiger charge is 1.88. The molecule has 0 N–H and O–H groups in total. The van der Waals surface area contributed by atoms with E-state index in [0.29, 0.717) is 6.54 Å². The molecule has 0 heterocycles. The van der Waals surface area contributed by atoms with Crippen molar-refractivity contribution in [3.05, 3.63) is 35.4 Å². The largest absolute Gasteiger partial charge is 0.235 e. The zero-order valence-corrected chi connectivity index (χ0v) is 8.37. The molecule has 0 radical (unpaired) electrons. The Hall–Kier alpha value is -1.40. The summed E-state index contributed by atoms with van der Waals surface area (Å²) in [5.41, 5.74) is 2.25. The van der Waals surface area contributed by atoms with Crippen molar-refractivity contribution in [3.8, 4) is 0 Å². The first kappa shape index (κ1) is 11.6. The standard InChI is InChI=1S/C9H9NO.C2H6/c1-8-2-4-9(5-3-8)6-10-7-11;1-2/h2-5H,6H2,1H3;1-2H3. The van der Waals surface area contributed by atoms with E-state index in [1.807, 2.05) is 45.0 Å². The van der Waals surface area contributed by atoms with E-state index in [1.54, 1.807) is 0 Å². The lowest BCUT2D eigenvalue weighted by molar-refractivity contribution is 0.563. The van der Waals surface area contributed by atoms with E-state index in [9.17, 15) is 4.79 Å². The molecule has 0 spiro atoms. The Balaban J connectivity index is 0.000000671. The van der Waals surface area contributed by atoms with Crippen LogP contribution in [0.5, 0.6) is 0 Å². The Labute approximate surface area is 79.3 Å². The summed E-state index contributed by atoms with van der Waals surface area (Å²) in [4.78, 5) is 13.2. The highest BCUT2D eigenvalue weighted by Crippen LogP contribution is 2.03. The fourth-order valence-corrected chi connectivity index (χ4v) is 0.817. The Bertz CT molecular complexity index is 271. The maximum absolute atomic E-state index is 9.75. The summed E-state index contributed by atoms with van der Waals surface area (Å²) in [6.07, 6.45) is 1.51. The number of aliphatic imine (C=N–C) groups is 1. The van der Waals surface area contributed by atoms with Gasteiger partial charge in [-0.2, -0.15) is 0 Å². The van der Waals surface area contributed by atoms with Gasteiger partial charge >= 0.3 is 0 Å². The minimum atomic E-state index is 0.434. The molecule has 0 aliphatic carbocycles. The maximum atomic E-state index is 9.75. The third-order valence-electron chi connectivity index (χ3n) is 1.45. The van der Waals surface area contributed by atoms with Crippen LogP contribution in [-0.4, -0.2) is 6.08 Å². The van der Waals surface area contributed by atoms with Crippen molar-refractivity contribution in [1.82, 2.24) is 0 Å². The molecule has 2 heteroatoms. The van der Waals surface area contributed by atoms with Crippen LogP contribution in [0, 0.1) is 6.92 Å². The number of rotatable bonds is 2. The topological polar surface area (TPSA) is 29.4 Å². The van der Waals surface area contributed by atoms with E-state index in [1.165, 1.54) is 11.6 Å². The van der Waals surface area contributed by atoms with Crippen LogP contribution in [0.25, 0.3) is 0 Å². The number of aryl methyl sites for hydroxylation is 1. The van der Waals surface area contributed by atoms with Crippen LogP contribution in [0.15, 0.2) is 29.3 Å². The molecule has 0 amide bonds. The number of carbonyl (C=O) groups excluding carboxylic acids is 1. The van der Waals surface area contributed by atoms with Gasteiger partial charge in [0, 0.05) is 0 Å². The summed E-state index contributed by atoms with van der Waals surface area (Å²) in [5.74, 6) is 0. The van der Waals surface area contributed by atoms with Crippen molar-refractivity contribution in [2.45, 2.75) is 27.3 Å². The molecular weight excluding hydrogens is 162 g/mol. The fraction of sp³-hybridized carbons (Fsp3) is 0.364. The van der Waals surface area contributed by atoms with Gasteiger partial charge in [-0.05, 0) is 12.5 Å². The second-order valence-electron chi connectivity index (χ2n) is 2.39. The van der Waals surface area contributed by atoms with E-state index >= 15 is 0 Å². The minimum Gasteiger partial charge on any atom is -0.211 e. The molecule has 0 atom stereocenters. The molecular formula is C11H15NO. The van der Waals surface area contributed by atoms with Crippen LogP contribution in [-0.2, 0) is 11.3 Å². The van der Waals surface area contributed by atoms with E-state index in [-0.39, 0.29) is 0 Å². The molecule has 1 aromatic rings. The number of hydrogen-bond donors (Lipinski definition) is 0. The monoisotopic (exact) mass is 177 g/mol. The molecule has 2 nitrogen and oxygen atoms in total. The highest BCUT2D eigenvalue weighted by molar-refractivity contribution is 5.33. The predicted octanol–water partition coefficient (Wildman–Crippen LogP) is 2.86. The molecule has 0 saturated carbocycles. The van der Waals surface area contributed by atoms with E-state index < -0.39 is 0 Å². The second-order valence-corrected chi connectivity index (χ2v) is 2.39. The molecule has 1 aromatic carbocycles. The van der Waals surface area contributed by atoms with Crippen LogP contribution in [0.1, 0.15) is 25.0 Å². The van der Waals surface area contributed by atoms with Crippen LogP contribution in [0.3, 0.4) is 0 Å². The molecule has 70 valence electrons. The van der Waals surface area contributed by atoms with E-state index in [0.717, 1.165) is 5.56 Å². The van der Waals surface area contributed by atoms with Gasteiger partial charge in [0.25, 0.3) is 0 Å². The highest BCUT2D eigenvalue weighted by atomic mass is 16.1. The lowest BCUT2D eigenvalue weighted by Crippen LogP contribution is -1.80. The van der Waals surface area contributed by atoms with Gasteiger partial charge in [-0.25, -0.2) is 9.79 Å². The van der Waals surface area contributed by atoms with E-state index in [2.05, 4.69) is 4.99 Å². The Kier molecular flexibility index (Phi) is 6.48. The Morgan fingerprint density at radius 2 is 1.77 bits per heavy atom. The quantitative estimate of drug-likeness (QED) is 0.504. The van der Waals surface area contributed by atoms with Gasteiger partial charge in [-0.15, -0.1) is 0 Å². The second kappa shape index (κ2) is 7.26. The summed E-state index contributed by atoms with van der Waals surface area (Å²) in [6, 6.07) is 7.90. The third kappa shape index (κ3) is 4.94. The van der Waals surface area contributed by atoms with Gasteiger partial charge in [-0.3, -0.25) is 0 Å². The van der Waals surface area contributed by atoms with Gasteiger partial charge in [-0.1, -0.05) is 43.7 Å². The minimum absolute atomic E-state index is 0.434. The molecule has 1 rings (SSSR count). The average molecular weight is 177 g/mol. The smallest absolute Gasteiger partial charge is 0.211 e. The lowest BCUT2D eigenvalue weighted by atomic mass is 10.1. The Morgan fingerprint density at radius 3 is 2.23 bits per heavy atom. The molecule has 0 fully saturated rings. The van der Waals surface area contributed by atoms with Gasteiger partial charge in [0.15, 0.2) is 0 Å². The number of benzene rings is 1. The van der Waals surface area contributed by atoms with E-state index in [4.69, 9.17) is 0 Å². The molecule has 0 saturated heterocycles. The Morgan fingerprint density at radius 1 is 1.23 bits per heavy atom. The van der Waals surface area contributed by atoms with Crippen LogP contribution >= 0.6 is 0 Å². The molecule has 0 aliphatic heterocycles. The van der Waals surface area contributed by atoms with Crippen LogP contribution in [0.4, 0.5) is 0 Å². The molecule has 0 unspecified atom stereocenters. The SMILES string of the molecule is CC.Cc1ccc(CN=C=O)cc1. The first-order valence-corrected chi connectivity index (χ1v) is 4.42. The maximum Gasteiger partial charge on any atom is 0.235 e. The number of isocyanates is 1. The first-order chi connectivity index (χ1) is 6.33.